The van der Waals surface area contributed by atoms with Crippen molar-refractivity contribution in [1.29, 1.82) is 0 Å². The van der Waals surface area contributed by atoms with Crippen molar-refractivity contribution in [3.05, 3.63) is 323 Å². The average Bonchev–Trinajstić information content (AvgIpc) is 1.54. The first-order valence-corrected chi connectivity index (χ1v) is 28.4. The highest BCUT2D eigenvalue weighted by atomic mass is 16.5. The first kappa shape index (κ1) is 54.3. The van der Waals surface area contributed by atoms with Crippen LogP contribution in [0.25, 0.3) is 54.6 Å². The van der Waals surface area contributed by atoms with Crippen LogP contribution in [0.3, 0.4) is 0 Å². The highest BCUT2D eigenvalue weighted by Gasteiger charge is 2.49. The van der Waals surface area contributed by atoms with Gasteiger partial charge < -0.3 is 18.9 Å². The van der Waals surface area contributed by atoms with Gasteiger partial charge in [-0.25, -0.2) is 19.2 Å². The predicted molar refractivity (Wildman–Crippen MR) is 340 cm³/mol. The molecule has 0 aliphatic heterocycles. The van der Waals surface area contributed by atoms with Gasteiger partial charge in [0.25, 0.3) is 0 Å². The maximum absolute atomic E-state index is 13.8. The summed E-state index contributed by atoms with van der Waals surface area (Å²) < 4.78 is 23.3. The molecule has 11 aromatic rings. The molecule has 8 heteroatoms. The molecule has 0 amide bonds. The van der Waals surface area contributed by atoms with E-state index in [0.29, 0.717) is 34.1 Å². The molecule has 1 unspecified atom stereocenters. The maximum atomic E-state index is 13.8. The molecule has 0 saturated heterocycles. The average molecular weight is 1120 g/mol. The van der Waals surface area contributed by atoms with Crippen LogP contribution < -0.4 is 18.9 Å². The molecule has 0 radical (unpaired) electrons. The fourth-order valence-electron chi connectivity index (χ4n) is 12.7. The van der Waals surface area contributed by atoms with Crippen molar-refractivity contribution in [2.75, 3.05) is 0 Å². The van der Waals surface area contributed by atoms with E-state index in [9.17, 15) is 19.2 Å². The summed E-state index contributed by atoms with van der Waals surface area (Å²) in [6.45, 7) is 14.0. The third kappa shape index (κ3) is 9.02. The number of carbonyl (C=O) groups is 4. The lowest BCUT2D eigenvalue weighted by Gasteiger charge is -2.34. The van der Waals surface area contributed by atoms with Gasteiger partial charge in [-0.15, -0.1) is 0 Å². The number of hydrogen-bond donors (Lipinski definition) is 0. The molecular weight excluding hydrogens is 1060 g/mol. The molecule has 0 aromatic heterocycles. The molecule has 8 nitrogen and oxygen atoms in total. The van der Waals surface area contributed by atoms with Crippen molar-refractivity contribution in [3.8, 4) is 45.3 Å². The van der Waals surface area contributed by atoms with E-state index in [-0.39, 0.29) is 11.1 Å². The van der Waals surface area contributed by atoms with Crippen molar-refractivity contribution < 1.29 is 38.1 Å². The number of esters is 4. The van der Waals surface area contributed by atoms with Crippen LogP contribution in [0.15, 0.2) is 278 Å². The lowest BCUT2D eigenvalue weighted by atomic mass is 9.67. The SMILES string of the molecule is C=C(C)C(=O)Oc1ccc(C2(c3ccc(OC(=O)/C(C)=C/C=C(\C)C(=O)Oc4ccc(C5(c6ccc(OC(=O)C(=C)C)cc6)c6ccc7ccccc7c6-c6c5ccc5ccccc65)cc4)cc3)c3ccccc3-c3c2ccc2ccccc32)cc1. The van der Waals surface area contributed by atoms with E-state index in [1.165, 1.54) is 0 Å². The second kappa shape index (κ2) is 21.7. The maximum Gasteiger partial charge on any atom is 0.339 e. The first-order chi connectivity index (χ1) is 41.7. The molecule has 1 atom stereocenters. The van der Waals surface area contributed by atoms with Gasteiger partial charge >= 0.3 is 23.9 Å². The Morgan fingerprint density at radius 2 is 0.605 bits per heavy atom. The van der Waals surface area contributed by atoms with E-state index in [1.54, 1.807) is 52.0 Å². The van der Waals surface area contributed by atoms with Crippen molar-refractivity contribution in [3.63, 3.8) is 0 Å². The van der Waals surface area contributed by atoms with Gasteiger partial charge in [0, 0.05) is 22.3 Å². The molecule has 13 rings (SSSR count). The van der Waals surface area contributed by atoms with E-state index in [2.05, 4.69) is 134 Å². The topological polar surface area (TPSA) is 105 Å². The van der Waals surface area contributed by atoms with Crippen molar-refractivity contribution >= 4 is 56.2 Å². The van der Waals surface area contributed by atoms with Crippen LogP contribution >= 0.6 is 0 Å². The summed E-state index contributed by atoms with van der Waals surface area (Å²) in [6.07, 6.45) is 3.10. The second-order valence-electron chi connectivity index (χ2n) is 22.1. The van der Waals surface area contributed by atoms with Crippen LogP contribution in [0.4, 0.5) is 0 Å². The van der Waals surface area contributed by atoms with Crippen LogP contribution in [0, 0.1) is 0 Å². The lowest BCUT2D eigenvalue weighted by Crippen LogP contribution is -2.28. The Hall–Kier alpha value is -11.0. The van der Waals surface area contributed by atoms with Gasteiger partial charge in [0.1, 0.15) is 23.0 Å². The minimum absolute atomic E-state index is 0.268. The first-order valence-electron chi connectivity index (χ1n) is 28.4. The minimum Gasteiger partial charge on any atom is -0.423 e. The zero-order valence-electron chi connectivity index (χ0n) is 47.8. The van der Waals surface area contributed by atoms with Crippen molar-refractivity contribution in [2.45, 2.75) is 38.5 Å². The van der Waals surface area contributed by atoms with Gasteiger partial charge in [0.15, 0.2) is 0 Å². The highest BCUT2D eigenvalue weighted by molar-refractivity contribution is 6.12. The largest absolute Gasteiger partial charge is 0.423 e. The lowest BCUT2D eigenvalue weighted by molar-refractivity contribution is -0.131. The number of ether oxygens (including phenoxy) is 4. The van der Waals surface area contributed by atoms with Crippen LogP contribution in [-0.4, -0.2) is 23.9 Å². The van der Waals surface area contributed by atoms with Gasteiger partial charge in [-0.2, -0.15) is 0 Å². The van der Waals surface area contributed by atoms with Crippen LogP contribution in [0.5, 0.6) is 23.0 Å². The number of benzene rings is 11. The minimum atomic E-state index is -0.850. The summed E-state index contributed by atoms with van der Waals surface area (Å²) in [6, 6.07) is 77.3. The third-order valence-electron chi connectivity index (χ3n) is 16.8. The molecular formula is C78H56O8. The van der Waals surface area contributed by atoms with Crippen molar-refractivity contribution in [1.82, 2.24) is 0 Å². The molecule has 416 valence electrons. The van der Waals surface area contributed by atoms with E-state index in [4.69, 9.17) is 18.9 Å². The molecule has 0 heterocycles. The number of carbonyl (C=O) groups excluding carboxylic acids is 4. The number of hydrogen-bond acceptors (Lipinski definition) is 8. The normalized spacial score (nSPS) is 14.6. The summed E-state index contributed by atoms with van der Waals surface area (Å²) in [7, 11) is 0. The third-order valence-corrected chi connectivity index (χ3v) is 16.8. The Bertz CT molecular complexity index is 4630. The zero-order valence-corrected chi connectivity index (χ0v) is 47.8. The van der Waals surface area contributed by atoms with Crippen LogP contribution in [0.2, 0.25) is 0 Å². The van der Waals surface area contributed by atoms with Gasteiger partial charge in [-0.3, -0.25) is 0 Å². The smallest absolute Gasteiger partial charge is 0.339 e. The summed E-state index contributed by atoms with van der Waals surface area (Å²) in [5.74, 6) is -0.694. The molecule has 2 aliphatic rings. The fraction of sp³-hybridized carbons (Fsp3) is 0.0769. The number of allylic oxidation sites excluding steroid dienone is 2. The molecule has 2 aliphatic carbocycles. The molecule has 0 N–H and O–H groups in total. The van der Waals surface area contributed by atoms with Crippen molar-refractivity contribution in [2.24, 2.45) is 0 Å². The molecule has 0 fully saturated rings. The second-order valence-corrected chi connectivity index (χ2v) is 22.1. The van der Waals surface area contributed by atoms with E-state index >= 15 is 0 Å². The highest BCUT2D eigenvalue weighted by Crippen LogP contribution is 2.61. The van der Waals surface area contributed by atoms with E-state index < -0.39 is 34.7 Å². The Kier molecular flexibility index (Phi) is 13.7. The van der Waals surface area contributed by atoms with E-state index in [1.807, 2.05) is 97.1 Å². The van der Waals surface area contributed by atoms with Gasteiger partial charge in [0.2, 0.25) is 0 Å². The van der Waals surface area contributed by atoms with Crippen LogP contribution in [0.1, 0.15) is 72.2 Å². The summed E-state index contributed by atoms with van der Waals surface area (Å²) in [5.41, 5.74) is 12.1. The number of rotatable bonds is 13. The summed E-state index contributed by atoms with van der Waals surface area (Å²) in [5, 5.41) is 6.75. The molecule has 0 bridgehead atoms. The Morgan fingerprint density at radius 1 is 0.314 bits per heavy atom. The molecule has 0 spiro atoms. The zero-order chi connectivity index (χ0) is 59.4. The predicted octanol–water partition coefficient (Wildman–Crippen LogP) is 17.2. The van der Waals surface area contributed by atoms with Crippen LogP contribution in [-0.2, 0) is 30.0 Å². The Morgan fingerprint density at radius 3 is 0.965 bits per heavy atom. The van der Waals surface area contributed by atoms with Gasteiger partial charge in [-0.05, 0) is 175 Å². The molecule has 86 heavy (non-hydrogen) atoms. The van der Waals surface area contributed by atoms with E-state index in [0.717, 1.165) is 99.1 Å². The molecule has 0 saturated carbocycles. The molecule has 11 aromatic carbocycles. The quantitative estimate of drug-likeness (QED) is 0.0487. The Balaban J connectivity index is 0.776. The number of fused-ring (bicyclic) bond motifs is 12. The monoisotopic (exact) mass is 1120 g/mol. The summed E-state index contributed by atoms with van der Waals surface area (Å²) in [4.78, 5) is 52.7. The summed E-state index contributed by atoms with van der Waals surface area (Å²) >= 11 is 0. The Labute approximate surface area is 498 Å². The van der Waals surface area contributed by atoms with Gasteiger partial charge in [-0.1, -0.05) is 207 Å². The standard InChI is InChI=1S/C78H56O8/c1-47(2)73(79)83-58-36-28-54(29-37-58)77(66-22-14-13-21-65(66)70-62-18-10-7-15-51(62)25-44-67(70)77)55-30-40-60(41-31-55)85-75(81)49(5)23-24-50(6)76(82)86-61-42-34-57(35-43-61)78(56-32-38-59(39-33-56)84-74(80)48(3)4)68-45-26-52-16-8-11-19-63(52)71(68)72-64-20-12-9-17-53(64)27-46-69(72)78/h7-46H,1,3H2,2,4-6H3/b49-23+,50-24+. The fourth-order valence-corrected chi connectivity index (χ4v) is 12.7. The van der Waals surface area contributed by atoms with Gasteiger partial charge in [0.05, 0.1) is 10.8 Å².